The number of aromatic hydroxyl groups is 2. The molecular formula is C12H17NO2. The lowest BCUT2D eigenvalue weighted by atomic mass is 9.87. The molecule has 0 spiro atoms. The van der Waals surface area contributed by atoms with Crippen LogP contribution in [0.5, 0.6) is 11.5 Å². The number of hydrogen-bond acceptors (Lipinski definition) is 3. The van der Waals surface area contributed by atoms with E-state index >= 15 is 0 Å². The first kappa shape index (κ1) is 10.3. The van der Waals surface area contributed by atoms with Gasteiger partial charge in [-0.3, -0.25) is 0 Å². The van der Waals surface area contributed by atoms with Crippen LogP contribution in [0.25, 0.3) is 0 Å². The van der Waals surface area contributed by atoms with Gasteiger partial charge in [0.15, 0.2) is 11.5 Å². The highest BCUT2D eigenvalue weighted by molar-refractivity contribution is 5.50. The van der Waals surface area contributed by atoms with E-state index in [9.17, 15) is 10.2 Å². The third kappa shape index (κ3) is 1.92. The van der Waals surface area contributed by atoms with Gasteiger partial charge in [0.2, 0.25) is 0 Å². The highest BCUT2D eigenvalue weighted by Gasteiger charge is 2.21. The minimum absolute atomic E-state index is 0.00403. The third-order valence-electron chi connectivity index (χ3n) is 3.06. The molecule has 0 saturated carbocycles. The van der Waals surface area contributed by atoms with Crippen molar-refractivity contribution in [3.63, 3.8) is 0 Å². The lowest BCUT2D eigenvalue weighted by molar-refractivity contribution is 0.389. The van der Waals surface area contributed by atoms with Gasteiger partial charge >= 0.3 is 0 Å². The lowest BCUT2D eigenvalue weighted by Gasteiger charge is -2.25. The summed E-state index contributed by atoms with van der Waals surface area (Å²) in [4.78, 5) is 0. The summed E-state index contributed by atoms with van der Waals surface area (Å²) in [6, 6.07) is 3.99. The molecule has 0 fully saturated rings. The van der Waals surface area contributed by atoms with E-state index in [1.54, 1.807) is 6.07 Å². The molecule has 0 aliphatic heterocycles. The van der Waals surface area contributed by atoms with Crippen molar-refractivity contribution in [2.75, 3.05) is 6.54 Å². The van der Waals surface area contributed by atoms with Crippen LogP contribution in [0.1, 0.15) is 24.5 Å². The fourth-order valence-electron chi connectivity index (χ4n) is 2.28. The van der Waals surface area contributed by atoms with Gasteiger partial charge in [0.25, 0.3) is 0 Å². The van der Waals surface area contributed by atoms with E-state index in [2.05, 4.69) is 12.2 Å². The number of nitrogens with one attached hydrogen (secondary N) is 1. The van der Waals surface area contributed by atoms with Crippen molar-refractivity contribution in [3.8, 4) is 11.5 Å². The summed E-state index contributed by atoms with van der Waals surface area (Å²) in [5.41, 5.74) is 2.08. The van der Waals surface area contributed by atoms with Crippen molar-refractivity contribution in [1.29, 1.82) is 0 Å². The van der Waals surface area contributed by atoms with E-state index in [1.165, 1.54) is 0 Å². The minimum Gasteiger partial charge on any atom is -0.504 e. The van der Waals surface area contributed by atoms with Crippen molar-refractivity contribution in [3.05, 3.63) is 23.3 Å². The highest BCUT2D eigenvalue weighted by atomic mass is 16.3. The van der Waals surface area contributed by atoms with E-state index in [1.807, 2.05) is 6.07 Å². The first-order chi connectivity index (χ1) is 7.22. The molecule has 0 radical (unpaired) electrons. The summed E-state index contributed by atoms with van der Waals surface area (Å²) in [6.45, 7) is 3.08. The molecule has 0 bridgehead atoms. The zero-order valence-electron chi connectivity index (χ0n) is 8.95. The Kier molecular flexibility index (Phi) is 2.82. The Balaban J connectivity index is 2.24. The maximum atomic E-state index is 9.69. The number of phenolic OH excluding ortho intramolecular Hbond substituents is 2. The maximum absolute atomic E-state index is 9.69. The third-order valence-corrected chi connectivity index (χ3v) is 3.06. The molecule has 0 saturated heterocycles. The number of fused-ring (bicyclic) bond motifs is 1. The number of likely N-dealkylation sites (N-methyl/N-ethyl adjacent to an activating group) is 1. The van der Waals surface area contributed by atoms with Crippen LogP contribution in [0.3, 0.4) is 0 Å². The predicted octanol–water partition coefficient (Wildman–Crippen LogP) is 1.56. The Morgan fingerprint density at radius 1 is 1.40 bits per heavy atom. The molecule has 0 amide bonds. The molecule has 2 rings (SSSR count). The Bertz CT molecular complexity index is 363. The van der Waals surface area contributed by atoms with E-state index < -0.39 is 0 Å². The zero-order valence-corrected chi connectivity index (χ0v) is 8.95. The van der Waals surface area contributed by atoms with Crippen LogP contribution >= 0.6 is 0 Å². The second-order valence-electron chi connectivity index (χ2n) is 4.07. The summed E-state index contributed by atoms with van der Waals surface area (Å²) < 4.78 is 0. The molecule has 1 unspecified atom stereocenters. The summed E-state index contributed by atoms with van der Waals surface area (Å²) in [5, 5.41) is 22.5. The van der Waals surface area contributed by atoms with E-state index in [4.69, 9.17) is 0 Å². The lowest BCUT2D eigenvalue weighted by Crippen LogP contribution is -2.34. The van der Waals surface area contributed by atoms with Gasteiger partial charge in [-0.1, -0.05) is 13.0 Å². The van der Waals surface area contributed by atoms with Gasteiger partial charge in [0.05, 0.1) is 0 Å². The number of rotatable bonds is 2. The SMILES string of the molecule is CCNC1CCc2c(ccc(O)c2O)C1. The molecule has 3 nitrogen and oxygen atoms in total. The van der Waals surface area contributed by atoms with Crippen LogP contribution in [0, 0.1) is 0 Å². The molecule has 1 aromatic carbocycles. The van der Waals surface area contributed by atoms with Crippen LogP contribution in [0.4, 0.5) is 0 Å². The first-order valence-electron chi connectivity index (χ1n) is 5.48. The molecule has 1 aliphatic carbocycles. The van der Waals surface area contributed by atoms with Crippen LogP contribution < -0.4 is 5.32 Å². The van der Waals surface area contributed by atoms with Crippen LogP contribution in [0.15, 0.2) is 12.1 Å². The fraction of sp³-hybridized carbons (Fsp3) is 0.500. The Labute approximate surface area is 89.8 Å². The largest absolute Gasteiger partial charge is 0.504 e. The second kappa shape index (κ2) is 4.11. The van der Waals surface area contributed by atoms with E-state index in [-0.39, 0.29) is 11.5 Å². The number of hydrogen-bond donors (Lipinski definition) is 3. The van der Waals surface area contributed by atoms with Gasteiger partial charge in [0.1, 0.15) is 0 Å². The molecular weight excluding hydrogens is 190 g/mol. The molecule has 3 N–H and O–H groups in total. The van der Waals surface area contributed by atoms with E-state index in [0.29, 0.717) is 6.04 Å². The van der Waals surface area contributed by atoms with E-state index in [0.717, 1.165) is 36.9 Å². The Morgan fingerprint density at radius 2 is 2.20 bits per heavy atom. The molecule has 0 aromatic heterocycles. The van der Waals surface area contributed by atoms with Crippen molar-refractivity contribution < 1.29 is 10.2 Å². The number of phenols is 2. The Morgan fingerprint density at radius 3 is 2.93 bits per heavy atom. The molecule has 0 heterocycles. The van der Waals surface area contributed by atoms with Gasteiger partial charge in [-0.25, -0.2) is 0 Å². The molecule has 1 atom stereocenters. The van der Waals surface area contributed by atoms with Crippen molar-refractivity contribution in [2.45, 2.75) is 32.2 Å². The second-order valence-corrected chi connectivity index (χ2v) is 4.07. The quantitative estimate of drug-likeness (QED) is 0.645. The average Bonchev–Trinajstić information content (AvgIpc) is 2.24. The Hall–Kier alpha value is -1.22. The number of benzene rings is 1. The summed E-state index contributed by atoms with van der Waals surface area (Å²) >= 11 is 0. The van der Waals surface area contributed by atoms with Crippen LogP contribution in [0.2, 0.25) is 0 Å². The van der Waals surface area contributed by atoms with Crippen LogP contribution in [-0.4, -0.2) is 22.8 Å². The molecule has 3 heteroatoms. The molecule has 15 heavy (non-hydrogen) atoms. The van der Waals surface area contributed by atoms with Crippen molar-refractivity contribution >= 4 is 0 Å². The maximum Gasteiger partial charge on any atom is 0.160 e. The van der Waals surface area contributed by atoms with Gasteiger partial charge in [-0.05, 0) is 37.4 Å². The normalized spacial score (nSPS) is 19.9. The smallest absolute Gasteiger partial charge is 0.160 e. The summed E-state index contributed by atoms with van der Waals surface area (Å²) in [7, 11) is 0. The fourth-order valence-corrected chi connectivity index (χ4v) is 2.28. The van der Waals surface area contributed by atoms with Crippen LogP contribution in [-0.2, 0) is 12.8 Å². The monoisotopic (exact) mass is 207 g/mol. The molecule has 1 aliphatic rings. The first-order valence-corrected chi connectivity index (χ1v) is 5.48. The minimum atomic E-state index is -0.00403. The van der Waals surface area contributed by atoms with Gasteiger partial charge < -0.3 is 15.5 Å². The molecule has 82 valence electrons. The average molecular weight is 207 g/mol. The summed E-state index contributed by atoms with van der Waals surface area (Å²) in [6.07, 6.45) is 2.81. The van der Waals surface area contributed by atoms with Crippen molar-refractivity contribution in [2.24, 2.45) is 0 Å². The topological polar surface area (TPSA) is 52.5 Å². The van der Waals surface area contributed by atoms with Gasteiger partial charge in [-0.2, -0.15) is 0 Å². The van der Waals surface area contributed by atoms with Gasteiger partial charge in [-0.15, -0.1) is 0 Å². The van der Waals surface area contributed by atoms with Gasteiger partial charge in [0, 0.05) is 11.6 Å². The summed E-state index contributed by atoms with van der Waals surface area (Å²) in [5.74, 6) is 0.0677. The predicted molar refractivity (Wildman–Crippen MR) is 59.3 cm³/mol. The highest BCUT2D eigenvalue weighted by Crippen LogP contribution is 2.35. The standard InChI is InChI=1S/C12H17NO2/c1-2-13-9-4-5-10-8(7-9)3-6-11(14)12(10)15/h3,6,9,13-15H,2,4-5,7H2,1H3. The zero-order chi connectivity index (χ0) is 10.8. The molecule has 1 aromatic rings. The van der Waals surface area contributed by atoms with Crippen molar-refractivity contribution in [1.82, 2.24) is 5.32 Å².